The van der Waals surface area contributed by atoms with Gasteiger partial charge in [-0.2, -0.15) is 0 Å². The molecule has 0 bridgehead atoms. The molecule has 1 heterocycles. The highest BCUT2D eigenvalue weighted by atomic mass is 19.1. The van der Waals surface area contributed by atoms with E-state index in [4.69, 9.17) is 4.74 Å². The molecule has 1 aliphatic heterocycles. The van der Waals surface area contributed by atoms with Crippen LogP contribution in [0.2, 0.25) is 0 Å². The first-order valence-electron chi connectivity index (χ1n) is 8.04. The molecule has 21 heavy (non-hydrogen) atoms. The molecule has 1 aromatic rings. The van der Waals surface area contributed by atoms with Crippen LogP contribution in [0.4, 0.5) is 4.39 Å². The lowest BCUT2D eigenvalue weighted by atomic mass is 10.0. The van der Waals surface area contributed by atoms with Crippen molar-refractivity contribution in [1.82, 2.24) is 10.2 Å². The first kappa shape index (κ1) is 16.2. The topological polar surface area (TPSA) is 24.5 Å². The zero-order chi connectivity index (χ0) is 15.1. The molecular formula is C17H27FN2O. The predicted molar refractivity (Wildman–Crippen MR) is 84.3 cm³/mol. The Bertz CT molecular complexity index is 433. The van der Waals surface area contributed by atoms with Gasteiger partial charge in [-0.3, -0.25) is 0 Å². The lowest BCUT2D eigenvalue weighted by molar-refractivity contribution is 0.303. The first-order chi connectivity index (χ1) is 10.3. The third kappa shape index (κ3) is 4.42. The lowest BCUT2D eigenvalue weighted by Crippen LogP contribution is -2.29. The molecule has 0 spiro atoms. The van der Waals surface area contributed by atoms with Gasteiger partial charge in [0.15, 0.2) is 0 Å². The minimum atomic E-state index is -0.177. The van der Waals surface area contributed by atoms with Gasteiger partial charge in [0.05, 0.1) is 7.11 Å². The minimum absolute atomic E-state index is 0.0155. The van der Waals surface area contributed by atoms with Crippen molar-refractivity contribution < 1.29 is 9.13 Å². The Morgan fingerprint density at radius 1 is 1.33 bits per heavy atom. The van der Waals surface area contributed by atoms with Crippen LogP contribution in [0.5, 0.6) is 5.75 Å². The fraction of sp³-hybridized carbons (Fsp3) is 0.647. The standard InChI is InChI=1S/C17H27FN2O/c1-3-10-19-15(9-13-20-11-4-5-12-20)17-14(18)7-6-8-16(17)21-2/h6-8,15,19H,3-5,9-13H2,1-2H3. The Morgan fingerprint density at radius 2 is 2.10 bits per heavy atom. The fourth-order valence-electron chi connectivity index (χ4n) is 3.02. The molecule has 0 amide bonds. The number of halogens is 1. The van der Waals surface area contributed by atoms with Crippen molar-refractivity contribution in [2.24, 2.45) is 0 Å². The number of rotatable bonds is 8. The van der Waals surface area contributed by atoms with Crippen LogP contribution in [0, 0.1) is 5.82 Å². The van der Waals surface area contributed by atoms with Gasteiger partial charge >= 0.3 is 0 Å². The van der Waals surface area contributed by atoms with Crippen molar-refractivity contribution in [3.05, 3.63) is 29.6 Å². The van der Waals surface area contributed by atoms with Gasteiger partial charge in [0.1, 0.15) is 11.6 Å². The second kappa shape index (κ2) is 8.35. The molecule has 1 unspecified atom stereocenters. The van der Waals surface area contributed by atoms with Crippen molar-refractivity contribution >= 4 is 0 Å². The van der Waals surface area contributed by atoms with Gasteiger partial charge in [-0.05, 0) is 64.0 Å². The van der Waals surface area contributed by atoms with E-state index in [0.717, 1.165) is 25.9 Å². The summed E-state index contributed by atoms with van der Waals surface area (Å²) in [5.41, 5.74) is 0.674. The number of benzene rings is 1. The van der Waals surface area contributed by atoms with Crippen LogP contribution < -0.4 is 10.1 Å². The number of nitrogens with zero attached hydrogens (tertiary/aromatic N) is 1. The normalized spacial score (nSPS) is 17.1. The van der Waals surface area contributed by atoms with Gasteiger partial charge in [-0.25, -0.2) is 4.39 Å². The van der Waals surface area contributed by atoms with Gasteiger partial charge in [0, 0.05) is 11.6 Å². The maximum absolute atomic E-state index is 14.3. The summed E-state index contributed by atoms with van der Waals surface area (Å²) >= 11 is 0. The first-order valence-corrected chi connectivity index (χ1v) is 8.04. The predicted octanol–water partition coefficient (Wildman–Crippen LogP) is 3.36. The van der Waals surface area contributed by atoms with Gasteiger partial charge in [-0.1, -0.05) is 13.0 Å². The van der Waals surface area contributed by atoms with Crippen LogP contribution in [0.3, 0.4) is 0 Å². The Labute approximate surface area is 127 Å². The molecule has 1 aromatic carbocycles. The summed E-state index contributed by atoms with van der Waals surface area (Å²) in [4.78, 5) is 2.47. The van der Waals surface area contributed by atoms with Crippen LogP contribution in [-0.4, -0.2) is 38.2 Å². The van der Waals surface area contributed by atoms with Gasteiger partial charge in [0.2, 0.25) is 0 Å². The lowest BCUT2D eigenvalue weighted by Gasteiger charge is -2.24. The number of ether oxygens (including phenoxy) is 1. The molecule has 2 rings (SSSR count). The Balaban J connectivity index is 2.10. The van der Waals surface area contributed by atoms with Crippen LogP contribution >= 0.6 is 0 Å². The van der Waals surface area contributed by atoms with E-state index in [-0.39, 0.29) is 11.9 Å². The van der Waals surface area contributed by atoms with E-state index in [1.807, 2.05) is 6.07 Å². The van der Waals surface area contributed by atoms with Gasteiger partial charge < -0.3 is 15.0 Å². The molecule has 0 aromatic heterocycles. The summed E-state index contributed by atoms with van der Waals surface area (Å²) in [5, 5.41) is 3.48. The molecule has 1 fully saturated rings. The molecule has 1 atom stereocenters. The third-order valence-corrected chi connectivity index (χ3v) is 4.15. The fourth-order valence-corrected chi connectivity index (χ4v) is 3.02. The van der Waals surface area contributed by atoms with Crippen molar-refractivity contribution in [2.75, 3.05) is 33.3 Å². The van der Waals surface area contributed by atoms with E-state index < -0.39 is 0 Å². The Hall–Kier alpha value is -1.13. The van der Waals surface area contributed by atoms with Crippen LogP contribution in [0.15, 0.2) is 18.2 Å². The number of hydrogen-bond donors (Lipinski definition) is 1. The van der Waals surface area contributed by atoms with E-state index in [0.29, 0.717) is 11.3 Å². The molecular weight excluding hydrogens is 267 g/mol. The number of nitrogens with one attached hydrogen (secondary N) is 1. The summed E-state index contributed by atoms with van der Waals surface area (Å²) in [7, 11) is 1.61. The molecule has 1 N–H and O–H groups in total. The average Bonchev–Trinajstić information content (AvgIpc) is 3.01. The molecule has 3 nitrogen and oxygen atoms in total. The number of hydrogen-bond acceptors (Lipinski definition) is 3. The molecule has 0 saturated carbocycles. The molecule has 0 aliphatic carbocycles. The second-order valence-electron chi connectivity index (χ2n) is 5.70. The highest BCUT2D eigenvalue weighted by molar-refractivity contribution is 5.37. The van der Waals surface area contributed by atoms with E-state index in [1.54, 1.807) is 13.2 Å². The molecule has 1 saturated heterocycles. The van der Waals surface area contributed by atoms with E-state index in [2.05, 4.69) is 17.1 Å². The molecule has 4 heteroatoms. The van der Waals surface area contributed by atoms with Crippen LogP contribution in [-0.2, 0) is 0 Å². The monoisotopic (exact) mass is 294 g/mol. The van der Waals surface area contributed by atoms with E-state index >= 15 is 0 Å². The zero-order valence-corrected chi connectivity index (χ0v) is 13.2. The number of methoxy groups -OCH3 is 1. The highest BCUT2D eigenvalue weighted by Crippen LogP contribution is 2.30. The summed E-state index contributed by atoms with van der Waals surface area (Å²) in [5.74, 6) is 0.467. The largest absolute Gasteiger partial charge is 0.496 e. The smallest absolute Gasteiger partial charge is 0.131 e. The van der Waals surface area contributed by atoms with E-state index in [1.165, 1.54) is 32.0 Å². The Kier molecular flexibility index (Phi) is 6.46. The molecule has 118 valence electrons. The average molecular weight is 294 g/mol. The van der Waals surface area contributed by atoms with E-state index in [9.17, 15) is 4.39 Å². The number of likely N-dealkylation sites (tertiary alicyclic amines) is 1. The van der Waals surface area contributed by atoms with Crippen molar-refractivity contribution in [3.63, 3.8) is 0 Å². The van der Waals surface area contributed by atoms with Crippen LogP contribution in [0.25, 0.3) is 0 Å². The summed E-state index contributed by atoms with van der Waals surface area (Å²) in [6.07, 6.45) is 4.53. The molecule has 1 aliphatic rings. The van der Waals surface area contributed by atoms with Crippen molar-refractivity contribution in [2.45, 2.75) is 38.6 Å². The molecule has 0 radical (unpaired) electrons. The summed E-state index contributed by atoms with van der Waals surface area (Å²) in [6, 6.07) is 5.08. The zero-order valence-electron chi connectivity index (χ0n) is 13.2. The van der Waals surface area contributed by atoms with Gasteiger partial charge in [-0.15, -0.1) is 0 Å². The second-order valence-corrected chi connectivity index (χ2v) is 5.70. The van der Waals surface area contributed by atoms with Crippen molar-refractivity contribution in [3.8, 4) is 5.75 Å². The quantitative estimate of drug-likeness (QED) is 0.795. The summed E-state index contributed by atoms with van der Waals surface area (Å²) in [6.45, 7) is 6.38. The van der Waals surface area contributed by atoms with Crippen LogP contribution in [0.1, 0.15) is 44.2 Å². The Morgan fingerprint density at radius 3 is 2.76 bits per heavy atom. The summed E-state index contributed by atoms with van der Waals surface area (Å²) < 4.78 is 19.6. The maximum atomic E-state index is 14.3. The SMILES string of the molecule is CCCNC(CCN1CCCC1)c1c(F)cccc1OC. The maximum Gasteiger partial charge on any atom is 0.131 e. The van der Waals surface area contributed by atoms with Crippen molar-refractivity contribution in [1.29, 1.82) is 0 Å². The third-order valence-electron chi connectivity index (χ3n) is 4.15. The van der Waals surface area contributed by atoms with Gasteiger partial charge in [0.25, 0.3) is 0 Å². The minimum Gasteiger partial charge on any atom is -0.496 e. The highest BCUT2D eigenvalue weighted by Gasteiger charge is 2.21.